The highest BCUT2D eigenvalue weighted by Gasteiger charge is 2.40. The van der Waals surface area contributed by atoms with Crippen LogP contribution in [0.15, 0.2) is 23.1 Å². The van der Waals surface area contributed by atoms with Crippen molar-refractivity contribution in [1.82, 2.24) is 9.78 Å². The smallest absolute Gasteiger partial charge is 0.361 e. The first kappa shape index (κ1) is 23.0. The van der Waals surface area contributed by atoms with Gasteiger partial charge in [-0.2, -0.15) is 23.5 Å². The van der Waals surface area contributed by atoms with Gasteiger partial charge in [0.2, 0.25) is 0 Å². The monoisotopic (exact) mass is 454 g/mol. The highest BCUT2D eigenvalue weighted by Crippen LogP contribution is 2.37. The van der Waals surface area contributed by atoms with Crippen LogP contribution >= 0.6 is 0 Å². The van der Waals surface area contributed by atoms with Crippen molar-refractivity contribution in [3.8, 4) is 6.07 Å². The predicted molar refractivity (Wildman–Crippen MR) is 109 cm³/mol. The Labute approximate surface area is 177 Å². The molecule has 1 aliphatic heterocycles. The first-order chi connectivity index (χ1) is 14.4. The average Bonchev–Trinajstić information content (AvgIpc) is 3.05. The van der Waals surface area contributed by atoms with Crippen LogP contribution < -0.4 is 10.5 Å². The number of nitriles is 1. The maximum Gasteiger partial charge on any atom is 0.423 e. The van der Waals surface area contributed by atoms with E-state index < -0.39 is 31.2 Å². The summed E-state index contributed by atoms with van der Waals surface area (Å²) in [7, 11) is -1.38. The number of fused-ring (bicyclic) bond motifs is 1. The molecule has 3 rings (SSSR count). The van der Waals surface area contributed by atoms with Gasteiger partial charge in [0.05, 0.1) is 17.4 Å². The van der Waals surface area contributed by atoms with Gasteiger partial charge in [-0.1, -0.05) is 19.6 Å². The van der Waals surface area contributed by atoms with E-state index in [9.17, 15) is 22.4 Å². The molecule has 0 fully saturated rings. The highest BCUT2D eigenvalue weighted by molar-refractivity contribution is 6.76. The number of hydrogen-bond acceptors (Lipinski definition) is 5. The van der Waals surface area contributed by atoms with Crippen molar-refractivity contribution in [2.24, 2.45) is 0 Å². The fourth-order valence-electron chi connectivity index (χ4n) is 3.28. The first-order valence-corrected chi connectivity index (χ1v) is 13.3. The molecule has 2 aromatic rings. The zero-order chi connectivity index (χ0) is 23.0. The lowest BCUT2D eigenvalue weighted by Gasteiger charge is -2.22. The van der Waals surface area contributed by atoms with Crippen molar-refractivity contribution in [2.45, 2.75) is 51.7 Å². The minimum Gasteiger partial charge on any atom is -0.361 e. The van der Waals surface area contributed by atoms with Gasteiger partial charge in [-0.15, -0.1) is 0 Å². The summed E-state index contributed by atoms with van der Waals surface area (Å²) in [4.78, 5) is 13.9. The molecule has 0 N–H and O–H groups in total. The molecule has 2 heterocycles. The van der Waals surface area contributed by atoms with Crippen LogP contribution in [0.4, 0.5) is 23.2 Å². The van der Waals surface area contributed by atoms with Crippen LogP contribution in [0.1, 0.15) is 22.3 Å². The molecule has 0 radical (unpaired) electrons. The molecule has 1 aliphatic rings. The third-order valence-electron chi connectivity index (χ3n) is 4.99. The highest BCUT2D eigenvalue weighted by atomic mass is 28.3. The maximum absolute atomic E-state index is 13.9. The Morgan fingerprint density at radius 3 is 2.45 bits per heavy atom. The molecule has 166 valence electrons. The Morgan fingerprint density at radius 2 is 1.87 bits per heavy atom. The van der Waals surface area contributed by atoms with Gasteiger partial charge in [0.15, 0.2) is 0 Å². The number of halogens is 4. The summed E-state index contributed by atoms with van der Waals surface area (Å²) >= 11 is 0. The average molecular weight is 455 g/mol. The van der Waals surface area contributed by atoms with E-state index in [1.165, 1.54) is 11.0 Å². The number of ether oxygens (including phenoxy) is 1. The zero-order valence-electron chi connectivity index (χ0n) is 17.4. The largest absolute Gasteiger partial charge is 0.423 e. The Morgan fingerprint density at radius 1 is 1.23 bits per heavy atom. The van der Waals surface area contributed by atoms with E-state index in [1.807, 2.05) is 0 Å². The summed E-state index contributed by atoms with van der Waals surface area (Å²) in [6.07, 6.45) is -3.92. The molecule has 11 heteroatoms. The summed E-state index contributed by atoms with van der Waals surface area (Å²) in [6.45, 7) is 6.35. The minimum absolute atomic E-state index is 0.00518. The van der Waals surface area contributed by atoms with Crippen molar-refractivity contribution in [3.63, 3.8) is 0 Å². The van der Waals surface area contributed by atoms with E-state index in [0.29, 0.717) is 22.4 Å². The van der Waals surface area contributed by atoms with Crippen LogP contribution in [0.25, 0.3) is 0 Å². The van der Waals surface area contributed by atoms with Gasteiger partial charge in [-0.3, -0.25) is 4.79 Å². The number of nitrogens with zero attached hydrogens (tertiary/aromatic N) is 4. The maximum atomic E-state index is 13.9. The van der Waals surface area contributed by atoms with E-state index in [-0.39, 0.29) is 31.1 Å². The van der Waals surface area contributed by atoms with Crippen molar-refractivity contribution in [1.29, 1.82) is 5.26 Å². The Balaban J connectivity index is 1.89. The van der Waals surface area contributed by atoms with Crippen LogP contribution in [0.2, 0.25) is 25.7 Å². The van der Waals surface area contributed by atoms with Crippen molar-refractivity contribution >= 4 is 13.8 Å². The number of hydrogen-bond donors (Lipinski definition) is 0. The van der Waals surface area contributed by atoms with E-state index >= 15 is 0 Å². The van der Waals surface area contributed by atoms with E-state index in [2.05, 4.69) is 24.7 Å². The lowest BCUT2D eigenvalue weighted by atomic mass is 10.1. The quantitative estimate of drug-likeness (QED) is 0.373. The topological polar surface area (TPSA) is 71.2 Å². The lowest BCUT2D eigenvalue weighted by molar-refractivity contribution is -0.138. The normalized spacial score (nSPS) is 13.9. The third kappa shape index (κ3) is 5.14. The number of benzene rings is 1. The fraction of sp³-hybridized carbons (Fsp3) is 0.450. The molecule has 0 saturated carbocycles. The second kappa shape index (κ2) is 8.43. The third-order valence-corrected chi connectivity index (χ3v) is 6.69. The molecule has 0 amide bonds. The Bertz CT molecular complexity index is 1090. The van der Waals surface area contributed by atoms with Crippen LogP contribution in [0.5, 0.6) is 0 Å². The summed E-state index contributed by atoms with van der Waals surface area (Å²) in [6, 6.07) is 4.98. The molecule has 6 nitrogen and oxygen atoms in total. The van der Waals surface area contributed by atoms with Crippen molar-refractivity contribution in [2.75, 3.05) is 11.5 Å². The minimum atomic E-state index is -4.91. The first-order valence-electron chi connectivity index (χ1n) is 9.62. The number of aromatic nitrogens is 2. The van der Waals surface area contributed by atoms with Gasteiger partial charge in [-0.05, 0) is 29.3 Å². The lowest BCUT2D eigenvalue weighted by Crippen LogP contribution is -2.34. The molecular weight excluding hydrogens is 432 g/mol. The molecule has 1 aromatic carbocycles. The van der Waals surface area contributed by atoms with Gasteiger partial charge in [0.25, 0.3) is 5.56 Å². The van der Waals surface area contributed by atoms with Gasteiger partial charge >= 0.3 is 6.18 Å². The van der Waals surface area contributed by atoms with E-state index in [1.54, 1.807) is 6.07 Å². The number of alkyl halides is 3. The standard InChI is InChI=1S/C20H22F4N4O2Si/c1-31(2,3)5-4-30-12-28-19(29)18(20(22,23)24)17(9-26-28)27-10-14-6-13(8-25)16(21)7-15(14)11-27/h6-7,9H,4-5,10-12H2,1-3H3. The SMILES string of the molecule is C[Si](C)(C)CCOCn1ncc(N2Cc3cc(F)c(C#N)cc3C2)c(C(F)(F)F)c1=O. The summed E-state index contributed by atoms with van der Waals surface area (Å²) in [5.41, 5.74) is -2.21. The van der Waals surface area contributed by atoms with Gasteiger partial charge in [-0.25, -0.2) is 9.07 Å². The molecule has 0 bridgehead atoms. The van der Waals surface area contributed by atoms with Gasteiger partial charge < -0.3 is 9.64 Å². The molecule has 1 aromatic heterocycles. The molecular formula is C20H22F4N4O2Si. The van der Waals surface area contributed by atoms with Crippen LogP contribution in [-0.4, -0.2) is 24.5 Å². The van der Waals surface area contributed by atoms with E-state index in [4.69, 9.17) is 10.00 Å². The van der Waals surface area contributed by atoms with Crippen molar-refractivity contribution < 1.29 is 22.3 Å². The molecule has 0 atom stereocenters. The molecule has 0 saturated heterocycles. The Hall–Kier alpha value is -2.71. The second-order valence-corrected chi connectivity index (χ2v) is 14.2. The Kier molecular flexibility index (Phi) is 6.25. The molecule has 0 spiro atoms. The summed E-state index contributed by atoms with van der Waals surface area (Å²) < 4.78 is 61.3. The zero-order valence-corrected chi connectivity index (χ0v) is 18.4. The molecule has 0 unspecified atom stereocenters. The molecule has 0 aliphatic carbocycles. The second-order valence-electron chi connectivity index (χ2n) is 8.62. The van der Waals surface area contributed by atoms with Crippen LogP contribution in [0.3, 0.4) is 0 Å². The summed E-state index contributed by atoms with van der Waals surface area (Å²) in [5.74, 6) is -0.733. The predicted octanol–water partition coefficient (Wildman–Crippen LogP) is 4.11. The van der Waals surface area contributed by atoms with Gasteiger partial charge in [0.1, 0.15) is 24.2 Å². The molecule has 31 heavy (non-hydrogen) atoms. The van der Waals surface area contributed by atoms with Crippen LogP contribution in [-0.2, 0) is 30.7 Å². The van der Waals surface area contributed by atoms with Crippen molar-refractivity contribution in [3.05, 3.63) is 56.8 Å². The summed E-state index contributed by atoms with van der Waals surface area (Å²) in [5, 5.41) is 12.8. The van der Waals surface area contributed by atoms with Gasteiger partial charge in [0, 0.05) is 27.8 Å². The van der Waals surface area contributed by atoms with E-state index in [0.717, 1.165) is 18.3 Å². The van der Waals surface area contributed by atoms with Crippen LogP contribution in [0, 0.1) is 17.1 Å². The number of rotatable bonds is 6. The number of anilines is 1. The fourth-order valence-corrected chi connectivity index (χ4v) is 4.04.